The quantitative estimate of drug-likeness (QED) is 0.0641. The minimum absolute atomic E-state index is 0.00560. The lowest BCUT2D eigenvalue weighted by Crippen LogP contribution is -2.34. The molecule has 57 heavy (non-hydrogen) atoms. The van der Waals surface area contributed by atoms with Gasteiger partial charge >= 0.3 is 11.9 Å². The van der Waals surface area contributed by atoms with Crippen LogP contribution in [0.15, 0.2) is 84.1 Å². The van der Waals surface area contributed by atoms with E-state index in [9.17, 15) is 14.0 Å². The van der Waals surface area contributed by atoms with Gasteiger partial charge in [0, 0.05) is 48.8 Å². The Morgan fingerprint density at radius 1 is 0.772 bits per heavy atom. The molecule has 4 aromatic carbocycles. The van der Waals surface area contributed by atoms with E-state index in [0.29, 0.717) is 45.8 Å². The van der Waals surface area contributed by atoms with Crippen LogP contribution in [0.25, 0.3) is 16.8 Å². The standard InChI is InChI=1S/C42H45F3N4O7S/c1-7-55-40(50)19-29(20-41(51)56-8-2)46-23-26-9-11-27(12-10-26)28-17-34(44)32(35(45)18-28)25-57-42-47-24-39(49(42)31-13-15-33(43)37(22-31)53-5)48(3)30-14-16-36(52-4)38(21-30)54-6/h9-18,21-22,24,29,46H,7-8,19-20,23,25H2,1-6H3. The summed E-state index contributed by atoms with van der Waals surface area (Å²) in [4.78, 5) is 30.7. The number of anilines is 2. The summed E-state index contributed by atoms with van der Waals surface area (Å²) in [6.45, 7) is 4.21. The number of nitrogens with one attached hydrogen (secondary N) is 1. The molecule has 0 aliphatic carbocycles. The monoisotopic (exact) mass is 806 g/mol. The van der Waals surface area contributed by atoms with Crippen molar-refractivity contribution in [3.8, 4) is 34.1 Å². The van der Waals surface area contributed by atoms with E-state index in [1.54, 1.807) is 74.2 Å². The molecular formula is C42H45F3N4O7S. The van der Waals surface area contributed by atoms with E-state index >= 15 is 8.78 Å². The summed E-state index contributed by atoms with van der Waals surface area (Å²) in [5.74, 6) is -1.32. The molecule has 5 rings (SSSR count). The van der Waals surface area contributed by atoms with Crippen LogP contribution in [0, 0.1) is 17.5 Å². The number of benzene rings is 4. The molecule has 0 unspecified atom stereocenters. The molecule has 0 fully saturated rings. The van der Waals surface area contributed by atoms with Crippen molar-refractivity contribution >= 4 is 35.2 Å². The fourth-order valence-corrected chi connectivity index (χ4v) is 7.05. The van der Waals surface area contributed by atoms with Gasteiger partial charge in [-0.15, -0.1) is 0 Å². The number of methoxy groups -OCH3 is 3. The summed E-state index contributed by atoms with van der Waals surface area (Å²) in [5, 5.41) is 3.60. The third kappa shape index (κ3) is 10.6. The lowest BCUT2D eigenvalue weighted by atomic mass is 10.0. The normalized spacial score (nSPS) is 11.1. The van der Waals surface area contributed by atoms with Crippen LogP contribution < -0.4 is 24.4 Å². The Hall–Kier alpha value is -5.67. The molecule has 0 spiro atoms. The highest BCUT2D eigenvalue weighted by atomic mass is 32.2. The van der Waals surface area contributed by atoms with Crippen molar-refractivity contribution in [1.82, 2.24) is 14.9 Å². The lowest BCUT2D eigenvalue weighted by Gasteiger charge is -2.23. The number of thioether (sulfide) groups is 1. The first-order valence-electron chi connectivity index (χ1n) is 18.1. The fourth-order valence-electron chi connectivity index (χ4n) is 6.04. The van der Waals surface area contributed by atoms with Crippen LogP contribution in [-0.2, 0) is 31.4 Å². The fraction of sp³-hybridized carbons (Fsp3) is 0.310. The van der Waals surface area contributed by atoms with Crippen LogP contribution in [0.5, 0.6) is 17.2 Å². The van der Waals surface area contributed by atoms with Gasteiger partial charge in [-0.1, -0.05) is 36.0 Å². The zero-order valence-corrected chi connectivity index (χ0v) is 33.4. The molecule has 0 atom stereocenters. The number of esters is 2. The van der Waals surface area contributed by atoms with Crippen LogP contribution in [0.2, 0.25) is 0 Å². The van der Waals surface area contributed by atoms with Crippen molar-refractivity contribution in [3.63, 3.8) is 0 Å². The number of hydrogen-bond donors (Lipinski definition) is 1. The number of carbonyl (C=O) groups excluding carboxylic acids is 2. The number of aromatic nitrogens is 2. The third-order valence-corrected chi connectivity index (χ3v) is 9.99. The van der Waals surface area contributed by atoms with Crippen LogP contribution in [0.1, 0.15) is 37.8 Å². The maximum atomic E-state index is 15.7. The molecule has 0 aliphatic rings. The van der Waals surface area contributed by atoms with Gasteiger partial charge in [-0.05, 0) is 66.9 Å². The average Bonchev–Trinajstić information content (AvgIpc) is 3.63. The van der Waals surface area contributed by atoms with Gasteiger partial charge in [0.1, 0.15) is 17.5 Å². The summed E-state index contributed by atoms with van der Waals surface area (Å²) in [6, 6.07) is 18.9. The predicted octanol–water partition coefficient (Wildman–Crippen LogP) is 8.41. The second kappa shape index (κ2) is 20.0. The van der Waals surface area contributed by atoms with Crippen molar-refractivity contribution in [2.75, 3.05) is 46.5 Å². The van der Waals surface area contributed by atoms with E-state index in [-0.39, 0.29) is 43.1 Å². The largest absolute Gasteiger partial charge is 0.494 e. The second-order valence-corrected chi connectivity index (χ2v) is 13.6. The van der Waals surface area contributed by atoms with Crippen molar-refractivity contribution in [1.29, 1.82) is 0 Å². The van der Waals surface area contributed by atoms with Gasteiger partial charge in [0.05, 0.1) is 59.3 Å². The average molecular weight is 807 g/mol. The van der Waals surface area contributed by atoms with Crippen LogP contribution in [0.3, 0.4) is 0 Å². The molecule has 11 nitrogen and oxygen atoms in total. The molecule has 302 valence electrons. The Kier molecular flexibility index (Phi) is 14.9. The summed E-state index contributed by atoms with van der Waals surface area (Å²) in [7, 11) is 6.27. The summed E-state index contributed by atoms with van der Waals surface area (Å²) < 4.78 is 73.9. The molecule has 0 saturated carbocycles. The molecule has 0 radical (unpaired) electrons. The number of rotatable bonds is 19. The summed E-state index contributed by atoms with van der Waals surface area (Å²) in [6.07, 6.45) is 1.60. The van der Waals surface area contributed by atoms with Crippen molar-refractivity contribution in [3.05, 3.63) is 108 Å². The smallest absolute Gasteiger partial charge is 0.307 e. The van der Waals surface area contributed by atoms with Gasteiger partial charge in [0.25, 0.3) is 0 Å². The molecule has 5 aromatic rings. The van der Waals surface area contributed by atoms with Crippen LogP contribution in [0.4, 0.5) is 24.7 Å². The van der Waals surface area contributed by atoms with Gasteiger partial charge in [-0.2, -0.15) is 0 Å². The Bertz CT molecular complexity index is 2120. The SMILES string of the molecule is CCOC(=O)CC(CC(=O)OCC)NCc1ccc(-c2cc(F)c(CSc3ncc(N(C)c4ccc(OC)c(OC)c4)n3-c3ccc(F)c(OC)c3)c(F)c2)cc1. The maximum Gasteiger partial charge on any atom is 0.307 e. The number of nitrogens with zero attached hydrogens (tertiary/aromatic N) is 3. The number of halogens is 3. The molecule has 15 heteroatoms. The summed E-state index contributed by atoms with van der Waals surface area (Å²) in [5.41, 5.74) is 2.87. The van der Waals surface area contributed by atoms with Gasteiger partial charge in [-0.25, -0.2) is 18.2 Å². The van der Waals surface area contributed by atoms with E-state index in [0.717, 1.165) is 23.0 Å². The Balaban J connectivity index is 1.35. The molecule has 1 aromatic heterocycles. The third-order valence-electron chi connectivity index (χ3n) is 9.01. The van der Waals surface area contributed by atoms with E-state index in [2.05, 4.69) is 10.3 Å². The van der Waals surface area contributed by atoms with Crippen molar-refractivity contribution in [2.24, 2.45) is 0 Å². The molecular weight excluding hydrogens is 762 g/mol. The Labute approximate surface area is 334 Å². The number of carbonyl (C=O) groups is 2. The van der Waals surface area contributed by atoms with Crippen LogP contribution in [-0.4, -0.2) is 69.1 Å². The molecule has 1 heterocycles. The zero-order valence-electron chi connectivity index (χ0n) is 32.6. The van der Waals surface area contributed by atoms with Gasteiger partial charge in [0.2, 0.25) is 0 Å². The highest BCUT2D eigenvalue weighted by Gasteiger charge is 2.22. The van der Waals surface area contributed by atoms with Crippen molar-refractivity contribution < 1.29 is 46.4 Å². The predicted molar refractivity (Wildman–Crippen MR) is 212 cm³/mol. The minimum atomic E-state index is -0.728. The minimum Gasteiger partial charge on any atom is -0.494 e. The first-order chi connectivity index (χ1) is 27.5. The van der Waals surface area contributed by atoms with Crippen molar-refractivity contribution in [2.45, 2.75) is 50.2 Å². The Morgan fingerprint density at radius 3 is 2.00 bits per heavy atom. The first-order valence-corrected chi connectivity index (χ1v) is 19.1. The first kappa shape index (κ1) is 42.5. The molecule has 0 amide bonds. The molecule has 0 bridgehead atoms. The lowest BCUT2D eigenvalue weighted by molar-refractivity contribution is -0.145. The number of ether oxygens (including phenoxy) is 5. The zero-order chi connectivity index (χ0) is 41.1. The molecule has 0 saturated heterocycles. The van der Waals surface area contributed by atoms with E-state index in [4.69, 9.17) is 23.7 Å². The second-order valence-electron chi connectivity index (χ2n) is 12.7. The van der Waals surface area contributed by atoms with E-state index in [1.165, 1.54) is 38.5 Å². The molecule has 0 aliphatic heterocycles. The Morgan fingerprint density at radius 2 is 1.40 bits per heavy atom. The highest BCUT2D eigenvalue weighted by molar-refractivity contribution is 7.98. The topological polar surface area (TPSA) is 113 Å². The number of hydrogen-bond acceptors (Lipinski definition) is 11. The van der Waals surface area contributed by atoms with E-state index in [1.807, 2.05) is 18.0 Å². The van der Waals surface area contributed by atoms with Crippen LogP contribution >= 0.6 is 11.8 Å². The summed E-state index contributed by atoms with van der Waals surface area (Å²) >= 11 is 1.11. The number of imidazole rings is 1. The highest BCUT2D eigenvalue weighted by Crippen LogP contribution is 2.38. The maximum absolute atomic E-state index is 15.7. The van der Waals surface area contributed by atoms with E-state index < -0.39 is 35.4 Å². The molecule has 1 N–H and O–H groups in total. The van der Waals surface area contributed by atoms with Gasteiger partial charge in [-0.3, -0.25) is 14.2 Å². The van der Waals surface area contributed by atoms with Gasteiger partial charge in [0.15, 0.2) is 28.2 Å². The van der Waals surface area contributed by atoms with Gasteiger partial charge < -0.3 is 33.9 Å².